The van der Waals surface area contributed by atoms with Crippen LogP contribution in [0.5, 0.6) is 0 Å². The van der Waals surface area contributed by atoms with Crippen LogP contribution >= 0.6 is 0 Å². The van der Waals surface area contributed by atoms with Crippen LogP contribution in [0.1, 0.15) is 25.5 Å². The zero-order chi connectivity index (χ0) is 12.7. The fourth-order valence-corrected chi connectivity index (χ4v) is 1.63. The van der Waals surface area contributed by atoms with Gasteiger partial charge >= 0.3 is 0 Å². The number of unbranched alkanes of at least 4 members (excludes halogenated alkanes) is 1. The summed E-state index contributed by atoms with van der Waals surface area (Å²) in [6.07, 6.45) is 4.19. The molecule has 0 aliphatic rings. The van der Waals surface area contributed by atoms with Gasteiger partial charge in [-0.1, -0.05) is 13.3 Å². The first-order valence-electron chi connectivity index (χ1n) is 6.07. The van der Waals surface area contributed by atoms with Gasteiger partial charge in [-0.2, -0.15) is 5.10 Å². The van der Waals surface area contributed by atoms with Gasteiger partial charge in [-0.25, -0.2) is 0 Å². The van der Waals surface area contributed by atoms with E-state index in [1.807, 2.05) is 24.8 Å². The van der Waals surface area contributed by atoms with E-state index in [0.717, 1.165) is 24.7 Å². The lowest BCUT2D eigenvalue weighted by molar-refractivity contribution is 0.463. The van der Waals surface area contributed by atoms with Gasteiger partial charge in [0.25, 0.3) is 0 Å². The fourth-order valence-electron chi connectivity index (χ4n) is 1.63. The van der Waals surface area contributed by atoms with E-state index in [0.29, 0.717) is 0 Å². The number of aromatic nitrogens is 2. The van der Waals surface area contributed by atoms with Crippen molar-refractivity contribution in [1.82, 2.24) is 20.0 Å². The van der Waals surface area contributed by atoms with Crippen LogP contribution in [-0.4, -0.2) is 41.3 Å². The topological polar surface area (TPSA) is 45.4 Å². The molecule has 5 nitrogen and oxygen atoms in total. The largest absolute Gasteiger partial charge is 0.351 e. The van der Waals surface area contributed by atoms with Gasteiger partial charge in [-0.3, -0.25) is 9.67 Å². The van der Waals surface area contributed by atoms with E-state index in [9.17, 15) is 0 Å². The van der Waals surface area contributed by atoms with Crippen molar-refractivity contribution in [2.45, 2.75) is 26.3 Å². The normalized spacial score (nSPS) is 11.6. The summed E-state index contributed by atoms with van der Waals surface area (Å²) in [7, 11) is 5.82. The lowest BCUT2D eigenvalue weighted by atomic mass is 10.3. The first kappa shape index (κ1) is 13.5. The number of nitrogens with one attached hydrogen (secondary N) is 1. The molecule has 0 spiro atoms. The molecule has 1 rings (SSSR count). The maximum atomic E-state index is 4.27. The molecule has 0 amide bonds. The first-order chi connectivity index (χ1) is 8.19. The second kappa shape index (κ2) is 6.93. The summed E-state index contributed by atoms with van der Waals surface area (Å²) in [5.41, 5.74) is 1.15. The standard InChI is InChI=1S/C12H23N5/c1-5-6-9-16(3)12(13-2)14-10-11-7-8-15-17(11)4/h7-8H,5-6,9-10H2,1-4H3,(H,13,14). The molecule has 0 unspecified atom stereocenters. The van der Waals surface area contributed by atoms with E-state index < -0.39 is 0 Å². The molecule has 0 radical (unpaired) electrons. The molecule has 0 aromatic carbocycles. The van der Waals surface area contributed by atoms with E-state index >= 15 is 0 Å². The molecule has 0 fully saturated rings. The molecule has 0 saturated heterocycles. The van der Waals surface area contributed by atoms with Crippen molar-refractivity contribution in [2.75, 3.05) is 20.6 Å². The second-order valence-corrected chi connectivity index (χ2v) is 4.12. The highest BCUT2D eigenvalue weighted by Crippen LogP contribution is 1.97. The van der Waals surface area contributed by atoms with Crippen molar-refractivity contribution in [2.24, 2.45) is 12.0 Å². The quantitative estimate of drug-likeness (QED) is 0.619. The molecule has 96 valence electrons. The van der Waals surface area contributed by atoms with E-state index in [1.165, 1.54) is 12.8 Å². The Morgan fingerprint density at radius 2 is 2.35 bits per heavy atom. The highest BCUT2D eigenvalue weighted by Gasteiger charge is 2.05. The third-order valence-electron chi connectivity index (χ3n) is 2.77. The number of nitrogens with zero attached hydrogens (tertiary/aromatic N) is 4. The summed E-state index contributed by atoms with van der Waals surface area (Å²) in [5.74, 6) is 0.930. The summed E-state index contributed by atoms with van der Waals surface area (Å²) in [4.78, 5) is 6.42. The van der Waals surface area contributed by atoms with E-state index in [4.69, 9.17) is 0 Å². The molecule has 5 heteroatoms. The van der Waals surface area contributed by atoms with Crippen LogP contribution in [0.25, 0.3) is 0 Å². The van der Waals surface area contributed by atoms with Crippen LogP contribution in [0.2, 0.25) is 0 Å². The number of rotatable bonds is 5. The maximum absolute atomic E-state index is 4.27. The highest BCUT2D eigenvalue weighted by molar-refractivity contribution is 5.79. The minimum Gasteiger partial charge on any atom is -0.351 e. The van der Waals surface area contributed by atoms with Gasteiger partial charge in [-0.05, 0) is 12.5 Å². The zero-order valence-corrected chi connectivity index (χ0v) is 11.3. The SMILES string of the molecule is CCCCN(C)C(=NC)NCc1ccnn1C. The monoisotopic (exact) mass is 237 g/mol. The average Bonchev–Trinajstić information content (AvgIpc) is 2.73. The summed E-state index contributed by atoms with van der Waals surface area (Å²) in [6.45, 7) is 3.97. The van der Waals surface area contributed by atoms with E-state index in [-0.39, 0.29) is 0 Å². The molecule has 1 N–H and O–H groups in total. The third kappa shape index (κ3) is 4.09. The Balaban J connectivity index is 2.45. The summed E-state index contributed by atoms with van der Waals surface area (Å²) in [5, 5.41) is 7.47. The Morgan fingerprint density at radius 1 is 1.59 bits per heavy atom. The van der Waals surface area contributed by atoms with Crippen LogP contribution in [0.4, 0.5) is 0 Å². The van der Waals surface area contributed by atoms with Crippen LogP contribution in [0.3, 0.4) is 0 Å². The van der Waals surface area contributed by atoms with Gasteiger partial charge in [-0.15, -0.1) is 0 Å². The Labute approximate surface area is 104 Å². The molecule has 0 atom stereocenters. The number of aliphatic imine (C=N–C) groups is 1. The van der Waals surface area contributed by atoms with Crippen molar-refractivity contribution < 1.29 is 0 Å². The minimum atomic E-state index is 0.750. The van der Waals surface area contributed by atoms with E-state index in [2.05, 4.69) is 34.3 Å². The van der Waals surface area contributed by atoms with Gasteiger partial charge in [0.2, 0.25) is 0 Å². The summed E-state index contributed by atoms with van der Waals surface area (Å²) >= 11 is 0. The Kier molecular flexibility index (Phi) is 5.52. The van der Waals surface area contributed by atoms with Gasteiger partial charge in [0.05, 0.1) is 12.2 Å². The third-order valence-corrected chi connectivity index (χ3v) is 2.77. The number of aryl methyl sites for hydroxylation is 1. The lowest BCUT2D eigenvalue weighted by Crippen LogP contribution is -2.39. The lowest BCUT2D eigenvalue weighted by Gasteiger charge is -2.21. The van der Waals surface area contributed by atoms with Crippen LogP contribution in [-0.2, 0) is 13.6 Å². The molecule has 1 heterocycles. The van der Waals surface area contributed by atoms with Crippen LogP contribution < -0.4 is 5.32 Å². The molecule has 1 aromatic rings. The van der Waals surface area contributed by atoms with Gasteiger partial charge in [0.1, 0.15) is 0 Å². The fraction of sp³-hybridized carbons (Fsp3) is 0.667. The van der Waals surface area contributed by atoms with Crippen LogP contribution in [0, 0.1) is 0 Å². The van der Waals surface area contributed by atoms with E-state index in [1.54, 1.807) is 6.20 Å². The zero-order valence-electron chi connectivity index (χ0n) is 11.3. The molecular weight excluding hydrogens is 214 g/mol. The van der Waals surface area contributed by atoms with Crippen molar-refractivity contribution in [1.29, 1.82) is 0 Å². The molecule has 17 heavy (non-hydrogen) atoms. The van der Waals surface area contributed by atoms with Gasteiger partial charge in [0.15, 0.2) is 5.96 Å². The summed E-state index contributed by atoms with van der Waals surface area (Å²) < 4.78 is 1.87. The molecule has 0 saturated carbocycles. The molecule has 0 bridgehead atoms. The number of hydrogen-bond acceptors (Lipinski definition) is 2. The average molecular weight is 237 g/mol. The van der Waals surface area contributed by atoms with Gasteiger partial charge in [0, 0.05) is 33.9 Å². The molecule has 0 aliphatic carbocycles. The number of hydrogen-bond donors (Lipinski definition) is 1. The predicted octanol–water partition coefficient (Wildman–Crippen LogP) is 1.23. The Bertz CT molecular complexity index is 356. The number of guanidine groups is 1. The van der Waals surface area contributed by atoms with Gasteiger partial charge < -0.3 is 10.2 Å². The molecule has 0 aliphatic heterocycles. The van der Waals surface area contributed by atoms with Crippen LogP contribution in [0.15, 0.2) is 17.3 Å². The highest BCUT2D eigenvalue weighted by atomic mass is 15.3. The first-order valence-corrected chi connectivity index (χ1v) is 6.07. The van der Waals surface area contributed by atoms with Crippen molar-refractivity contribution in [3.63, 3.8) is 0 Å². The molecule has 1 aromatic heterocycles. The predicted molar refractivity (Wildman–Crippen MR) is 70.9 cm³/mol. The van der Waals surface area contributed by atoms with Crippen molar-refractivity contribution >= 4 is 5.96 Å². The van der Waals surface area contributed by atoms with Crippen molar-refractivity contribution in [3.05, 3.63) is 18.0 Å². The maximum Gasteiger partial charge on any atom is 0.193 e. The smallest absolute Gasteiger partial charge is 0.193 e. The second-order valence-electron chi connectivity index (χ2n) is 4.12. The molecular formula is C12H23N5. The summed E-state index contributed by atoms with van der Waals surface area (Å²) in [6, 6.07) is 2.01. The minimum absolute atomic E-state index is 0.750. The Hall–Kier alpha value is -1.52. The Morgan fingerprint density at radius 3 is 2.88 bits per heavy atom. The van der Waals surface area contributed by atoms with Crippen molar-refractivity contribution in [3.8, 4) is 0 Å².